The van der Waals surface area contributed by atoms with E-state index in [1.807, 2.05) is 0 Å². The first-order valence-electron chi connectivity index (χ1n) is 4.66. The van der Waals surface area contributed by atoms with Crippen LogP contribution in [-0.4, -0.2) is 22.4 Å². The lowest BCUT2D eigenvalue weighted by Gasteiger charge is -2.15. The smallest absolute Gasteiger partial charge is 0.478 e. The minimum atomic E-state index is -5.28. The van der Waals surface area contributed by atoms with Crippen molar-refractivity contribution in [2.75, 3.05) is 0 Å². The molecule has 0 aliphatic heterocycles. The lowest BCUT2D eigenvalue weighted by molar-refractivity contribution is -0.276. The molecule has 1 aromatic rings. The number of alkyl halides is 5. The maximum Gasteiger partial charge on any atom is 0.574 e. The third kappa shape index (κ3) is 3.74. The van der Waals surface area contributed by atoms with Crippen LogP contribution in [0.2, 0.25) is 0 Å². The third-order valence-electron chi connectivity index (χ3n) is 1.95. The Labute approximate surface area is 102 Å². The molecule has 0 aromatic carbocycles. The molecule has 0 saturated heterocycles. The zero-order valence-electron chi connectivity index (χ0n) is 9.04. The van der Waals surface area contributed by atoms with Gasteiger partial charge in [0.25, 0.3) is 6.43 Å². The highest BCUT2D eigenvalue weighted by molar-refractivity contribution is 5.90. The molecule has 0 aliphatic rings. The molecule has 10 heteroatoms. The van der Waals surface area contributed by atoms with E-state index in [1.54, 1.807) is 0 Å². The molecule has 0 aliphatic carbocycles. The monoisotopic (exact) mass is 286 g/mol. The number of carbonyl (C=O) groups is 1. The largest absolute Gasteiger partial charge is 0.574 e. The van der Waals surface area contributed by atoms with Crippen LogP contribution >= 0.6 is 0 Å². The number of halogens is 5. The van der Waals surface area contributed by atoms with E-state index in [0.29, 0.717) is 6.07 Å². The molecule has 3 N–H and O–H groups in total. The summed E-state index contributed by atoms with van der Waals surface area (Å²) in [4.78, 5) is 13.9. The van der Waals surface area contributed by atoms with Crippen LogP contribution in [0.4, 0.5) is 22.0 Å². The molecule has 0 spiro atoms. The number of hydrogen-bond acceptors (Lipinski definition) is 4. The molecular formula is C9H7F5N2O3. The topological polar surface area (TPSA) is 85.4 Å². The predicted molar refractivity (Wildman–Crippen MR) is 50.7 cm³/mol. The SMILES string of the molecule is NCc1cc(C(=O)O)c(C(F)F)c(OC(F)(F)F)n1. The van der Waals surface area contributed by atoms with Crippen LogP contribution in [0.3, 0.4) is 0 Å². The molecule has 19 heavy (non-hydrogen) atoms. The summed E-state index contributed by atoms with van der Waals surface area (Å²) in [6.07, 6.45) is -8.78. The number of hydrogen-bond donors (Lipinski definition) is 2. The van der Waals surface area contributed by atoms with Crippen molar-refractivity contribution in [2.24, 2.45) is 5.73 Å². The van der Waals surface area contributed by atoms with Gasteiger partial charge in [-0.15, -0.1) is 13.2 Å². The Bertz CT molecular complexity index is 489. The molecule has 1 aromatic heterocycles. The predicted octanol–water partition coefficient (Wildman–Crippen LogP) is 2.07. The van der Waals surface area contributed by atoms with Crippen LogP contribution < -0.4 is 10.5 Å². The van der Waals surface area contributed by atoms with E-state index in [9.17, 15) is 26.7 Å². The summed E-state index contributed by atoms with van der Waals surface area (Å²) < 4.78 is 64.9. The highest BCUT2D eigenvalue weighted by atomic mass is 19.4. The maximum atomic E-state index is 12.7. The number of rotatable bonds is 4. The Balaban J connectivity index is 3.48. The Morgan fingerprint density at radius 3 is 2.42 bits per heavy atom. The summed E-state index contributed by atoms with van der Waals surface area (Å²) in [5, 5.41) is 8.72. The quantitative estimate of drug-likeness (QED) is 0.828. The summed E-state index contributed by atoms with van der Waals surface area (Å²) >= 11 is 0. The van der Waals surface area contributed by atoms with Crippen molar-refractivity contribution < 1.29 is 36.6 Å². The van der Waals surface area contributed by atoms with E-state index in [-0.39, 0.29) is 5.69 Å². The molecule has 0 radical (unpaired) electrons. The lowest BCUT2D eigenvalue weighted by Crippen LogP contribution is -2.21. The highest BCUT2D eigenvalue weighted by Gasteiger charge is 2.36. The van der Waals surface area contributed by atoms with Gasteiger partial charge in [-0.25, -0.2) is 18.6 Å². The van der Waals surface area contributed by atoms with Crippen LogP contribution in [0.25, 0.3) is 0 Å². The molecule has 0 saturated carbocycles. The molecule has 0 atom stereocenters. The number of nitrogens with two attached hydrogens (primary N) is 1. The second-order valence-electron chi connectivity index (χ2n) is 3.24. The molecule has 106 valence electrons. The number of carboxylic acid groups (broad SMARTS) is 1. The Kier molecular flexibility index (Phi) is 4.24. The van der Waals surface area contributed by atoms with E-state index in [1.165, 1.54) is 0 Å². The first kappa shape index (κ1) is 15.1. The van der Waals surface area contributed by atoms with E-state index >= 15 is 0 Å². The number of ether oxygens (including phenoxy) is 1. The van der Waals surface area contributed by atoms with Gasteiger partial charge in [0.15, 0.2) is 0 Å². The molecule has 1 rings (SSSR count). The minimum absolute atomic E-state index is 0.318. The van der Waals surface area contributed by atoms with E-state index in [0.717, 1.165) is 0 Å². The molecular weight excluding hydrogens is 279 g/mol. The summed E-state index contributed by atoms with van der Waals surface area (Å²) in [5.41, 5.74) is 2.30. The van der Waals surface area contributed by atoms with Crippen LogP contribution in [0.5, 0.6) is 5.88 Å². The van der Waals surface area contributed by atoms with Crippen LogP contribution in [-0.2, 0) is 6.54 Å². The van der Waals surface area contributed by atoms with Crippen molar-refractivity contribution in [1.29, 1.82) is 0 Å². The molecule has 0 amide bonds. The van der Waals surface area contributed by atoms with E-state index in [2.05, 4.69) is 9.72 Å². The van der Waals surface area contributed by atoms with Gasteiger partial charge < -0.3 is 15.6 Å². The van der Waals surface area contributed by atoms with Gasteiger partial charge in [-0.1, -0.05) is 0 Å². The average molecular weight is 286 g/mol. The van der Waals surface area contributed by atoms with Crippen molar-refractivity contribution in [1.82, 2.24) is 4.98 Å². The van der Waals surface area contributed by atoms with Gasteiger partial charge in [0.2, 0.25) is 5.88 Å². The number of pyridine rings is 1. The fourth-order valence-corrected chi connectivity index (χ4v) is 1.26. The number of carboxylic acids is 1. The van der Waals surface area contributed by atoms with Gasteiger partial charge >= 0.3 is 12.3 Å². The second-order valence-corrected chi connectivity index (χ2v) is 3.24. The van der Waals surface area contributed by atoms with Crippen LogP contribution in [0.15, 0.2) is 6.07 Å². The number of nitrogens with zero attached hydrogens (tertiary/aromatic N) is 1. The van der Waals surface area contributed by atoms with Crippen molar-refractivity contribution in [2.45, 2.75) is 19.3 Å². The maximum absolute atomic E-state index is 12.7. The number of aromatic carboxylic acids is 1. The summed E-state index contributed by atoms with van der Waals surface area (Å²) in [6.45, 7) is -0.433. The van der Waals surface area contributed by atoms with Gasteiger partial charge in [-0.3, -0.25) is 0 Å². The van der Waals surface area contributed by atoms with Crippen molar-refractivity contribution in [3.05, 3.63) is 22.9 Å². The van der Waals surface area contributed by atoms with Crippen molar-refractivity contribution in [3.8, 4) is 5.88 Å². The van der Waals surface area contributed by atoms with Crippen LogP contribution in [0, 0.1) is 0 Å². The fraction of sp³-hybridized carbons (Fsp3) is 0.333. The average Bonchev–Trinajstić information content (AvgIpc) is 2.24. The Morgan fingerprint density at radius 1 is 1.47 bits per heavy atom. The van der Waals surface area contributed by atoms with E-state index < -0.39 is 42.3 Å². The summed E-state index contributed by atoms with van der Waals surface area (Å²) in [5.74, 6) is -3.35. The van der Waals surface area contributed by atoms with Gasteiger partial charge in [-0.2, -0.15) is 0 Å². The summed E-state index contributed by atoms with van der Waals surface area (Å²) in [6, 6.07) is 0.674. The Morgan fingerprint density at radius 2 is 2.05 bits per heavy atom. The van der Waals surface area contributed by atoms with Crippen LogP contribution in [0.1, 0.15) is 28.0 Å². The highest BCUT2D eigenvalue weighted by Crippen LogP contribution is 2.34. The standard InChI is InChI=1S/C9H7F5N2O3/c10-6(11)5-4(8(17)18)1-3(2-15)16-7(5)19-9(12,13)14/h1,6H,2,15H2,(H,17,18). The second kappa shape index (κ2) is 5.34. The lowest BCUT2D eigenvalue weighted by atomic mass is 10.1. The third-order valence-corrected chi connectivity index (χ3v) is 1.95. The molecule has 1 heterocycles. The Hall–Kier alpha value is -1.97. The molecule has 5 nitrogen and oxygen atoms in total. The zero-order valence-corrected chi connectivity index (χ0v) is 9.04. The van der Waals surface area contributed by atoms with Gasteiger partial charge in [0.05, 0.1) is 16.8 Å². The van der Waals surface area contributed by atoms with Crippen molar-refractivity contribution >= 4 is 5.97 Å². The number of aromatic nitrogens is 1. The minimum Gasteiger partial charge on any atom is -0.478 e. The zero-order chi connectivity index (χ0) is 14.8. The first-order valence-corrected chi connectivity index (χ1v) is 4.66. The van der Waals surface area contributed by atoms with Gasteiger partial charge in [0.1, 0.15) is 0 Å². The van der Waals surface area contributed by atoms with Gasteiger partial charge in [-0.05, 0) is 6.07 Å². The van der Waals surface area contributed by atoms with Crippen molar-refractivity contribution in [3.63, 3.8) is 0 Å². The molecule has 0 unspecified atom stereocenters. The fourth-order valence-electron chi connectivity index (χ4n) is 1.26. The summed E-state index contributed by atoms with van der Waals surface area (Å²) in [7, 11) is 0. The van der Waals surface area contributed by atoms with Gasteiger partial charge in [0, 0.05) is 6.54 Å². The first-order chi connectivity index (χ1) is 8.65. The van der Waals surface area contributed by atoms with E-state index in [4.69, 9.17) is 10.8 Å². The normalized spacial score (nSPS) is 11.7. The molecule has 0 fully saturated rings. The molecule has 0 bridgehead atoms.